The third-order valence-corrected chi connectivity index (χ3v) is 5.58. The van der Waals surface area contributed by atoms with Gasteiger partial charge in [0.05, 0.1) is 10.6 Å². The maximum Gasteiger partial charge on any atom is 0.261 e. The summed E-state index contributed by atoms with van der Waals surface area (Å²) in [6.45, 7) is 4.27. The second-order valence-corrected chi connectivity index (χ2v) is 8.92. The summed E-state index contributed by atoms with van der Waals surface area (Å²) in [6.07, 6.45) is 0.937. The van der Waals surface area contributed by atoms with Gasteiger partial charge in [0.15, 0.2) is 0 Å². The van der Waals surface area contributed by atoms with Gasteiger partial charge in [0.2, 0.25) is 0 Å². The van der Waals surface area contributed by atoms with Crippen LogP contribution in [0.25, 0.3) is 0 Å². The van der Waals surface area contributed by atoms with Gasteiger partial charge in [-0.1, -0.05) is 41.9 Å². The van der Waals surface area contributed by atoms with E-state index in [1.165, 1.54) is 0 Å². The predicted molar refractivity (Wildman–Crippen MR) is 97.6 cm³/mol. The number of nitrogens with one attached hydrogen (secondary N) is 1. The van der Waals surface area contributed by atoms with Gasteiger partial charge < -0.3 is 0 Å². The van der Waals surface area contributed by atoms with Crippen molar-refractivity contribution in [2.45, 2.75) is 25.2 Å². The summed E-state index contributed by atoms with van der Waals surface area (Å²) in [4.78, 5) is 0.259. The lowest BCUT2D eigenvalue weighted by Crippen LogP contribution is -2.13. The van der Waals surface area contributed by atoms with Crippen molar-refractivity contribution in [2.24, 2.45) is 5.92 Å². The largest absolute Gasteiger partial charge is 0.278 e. The van der Waals surface area contributed by atoms with Gasteiger partial charge in [-0.3, -0.25) is 4.72 Å². The molecular weight excluding hydrogens is 430 g/mol. The summed E-state index contributed by atoms with van der Waals surface area (Å²) in [7, 11) is -3.59. The minimum atomic E-state index is -3.59. The van der Waals surface area contributed by atoms with Crippen LogP contribution in [0.3, 0.4) is 0 Å². The molecule has 0 saturated heterocycles. The Balaban J connectivity index is 2.23. The molecule has 6 heteroatoms. The number of rotatable bonds is 5. The number of hydrogen-bond donors (Lipinski definition) is 1. The van der Waals surface area contributed by atoms with E-state index in [2.05, 4.69) is 50.4 Å². The second-order valence-electron chi connectivity index (χ2n) is 5.47. The average Bonchev–Trinajstić information content (AvgIpc) is 2.42. The van der Waals surface area contributed by atoms with Crippen LogP contribution in [0, 0.1) is 5.92 Å². The second kappa shape index (κ2) is 7.15. The van der Waals surface area contributed by atoms with Crippen LogP contribution in [0.2, 0.25) is 0 Å². The van der Waals surface area contributed by atoms with Gasteiger partial charge in [0, 0.05) is 8.95 Å². The Morgan fingerprint density at radius 3 is 2.23 bits per heavy atom. The van der Waals surface area contributed by atoms with Crippen molar-refractivity contribution < 1.29 is 8.42 Å². The Morgan fingerprint density at radius 1 is 1.05 bits per heavy atom. The van der Waals surface area contributed by atoms with Crippen molar-refractivity contribution in [1.82, 2.24) is 0 Å². The third-order valence-electron chi connectivity index (χ3n) is 3.05. The molecule has 0 fully saturated rings. The van der Waals surface area contributed by atoms with E-state index < -0.39 is 10.0 Å². The van der Waals surface area contributed by atoms with E-state index in [4.69, 9.17) is 0 Å². The van der Waals surface area contributed by atoms with Crippen LogP contribution in [-0.4, -0.2) is 8.42 Å². The minimum absolute atomic E-state index is 0.259. The molecule has 2 aromatic carbocycles. The summed E-state index contributed by atoms with van der Waals surface area (Å²) in [5, 5.41) is 0. The highest BCUT2D eigenvalue weighted by atomic mass is 79.9. The van der Waals surface area contributed by atoms with E-state index in [9.17, 15) is 8.42 Å². The standard InChI is InChI=1S/C16H17Br2NO2S/c1-11(2)9-12-3-6-14(7-4-12)22(20,21)19-16-8-5-13(17)10-15(16)18/h3-8,10-11,19H,9H2,1-2H3. The highest BCUT2D eigenvalue weighted by Crippen LogP contribution is 2.28. The van der Waals surface area contributed by atoms with E-state index in [0.717, 1.165) is 16.5 Å². The van der Waals surface area contributed by atoms with Crippen LogP contribution >= 0.6 is 31.9 Å². The van der Waals surface area contributed by atoms with Gasteiger partial charge in [-0.25, -0.2) is 8.42 Å². The van der Waals surface area contributed by atoms with E-state index in [1.807, 2.05) is 12.1 Å². The smallest absolute Gasteiger partial charge is 0.261 e. The molecule has 0 aromatic heterocycles. The molecule has 0 radical (unpaired) electrons. The monoisotopic (exact) mass is 445 g/mol. The molecule has 0 bridgehead atoms. The molecule has 118 valence electrons. The molecule has 0 saturated carbocycles. The zero-order valence-electron chi connectivity index (χ0n) is 12.3. The van der Waals surface area contributed by atoms with Crippen LogP contribution in [0.15, 0.2) is 56.3 Å². The Kier molecular flexibility index (Phi) is 5.69. The first-order valence-corrected chi connectivity index (χ1v) is 9.91. The third kappa shape index (κ3) is 4.57. The zero-order chi connectivity index (χ0) is 16.3. The van der Waals surface area contributed by atoms with Crippen LogP contribution < -0.4 is 4.72 Å². The quantitative estimate of drug-likeness (QED) is 0.684. The van der Waals surface area contributed by atoms with Gasteiger partial charge in [0.1, 0.15) is 0 Å². The lowest BCUT2D eigenvalue weighted by Gasteiger charge is -2.11. The molecule has 2 rings (SSSR count). The van der Waals surface area contributed by atoms with Gasteiger partial charge in [0.25, 0.3) is 10.0 Å². The fourth-order valence-corrected chi connectivity index (χ4v) is 4.41. The van der Waals surface area contributed by atoms with Crippen molar-refractivity contribution in [2.75, 3.05) is 4.72 Å². The van der Waals surface area contributed by atoms with Crippen LogP contribution in [-0.2, 0) is 16.4 Å². The van der Waals surface area contributed by atoms with Crippen molar-refractivity contribution in [3.63, 3.8) is 0 Å². The average molecular weight is 447 g/mol. The summed E-state index contributed by atoms with van der Waals surface area (Å²) < 4.78 is 29.0. The Morgan fingerprint density at radius 2 is 1.68 bits per heavy atom. The molecule has 0 aliphatic heterocycles. The lowest BCUT2D eigenvalue weighted by atomic mass is 10.0. The van der Waals surface area contributed by atoms with Gasteiger partial charge in [-0.05, 0) is 64.2 Å². The SMILES string of the molecule is CC(C)Cc1ccc(S(=O)(=O)Nc2ccc(Br)cc2Br)cc1. The number of benzene rings is 2. The Hall–Kier alpha value is -0.850. The van der Waals surface area contributed by atoms with Crippen molar-refractivity contribution >= 4 is 47.6 Å². The van der Waals surface area contributed by atoms with E-state index in [-0.39, 0.29) is 4.90 Å². The molecule has 22 heavy (non-hydrogen) atoms. The molecule has 0 atom stereocenters. The van der Waals surface area contributed by atoms with Crippen LogP contribution in [0.5, 0.6) is 0 Å². The normalized spacial score (nSPS) is 11.7. The number of anilines is 1. The van der Waals surface area contributed by atoms with Crippen molar-refractivity contribution in [3.05, 3.63) is 57.0 Å². The number of hydrogen-bond acceptors (Lipinski definition) is 2. The fourth-order valence-electron chi connectivity index (χ4n) is 2.05. The first-order valence-electron chi connectivity index (χ1n) is 6.85. The van der Waals surface area contributed by atoms with E-state index >= 15 is 0 Å². The van der Waals surface area contributed by atoms with Gasteiger partial charge in [-0.2, -0.15) is 0 Å². The molecule has 0 amide bonds. The first-order chi connectivity index (χ1) is 10.3. The minimum Gasteiger partial charge on any atom is -0.278 e. The molecule has 0 aliphatic rings. The maximum absolute atomic E-state index is 12.4. The number of halogens is 2. The van der Waals surface area contributed by atoms with Crippen LogP contribution in [0.4, 0.5) is 5.69 Å². The highest BCUT2D eigenvalue weighted by molar-refractivity contribution is 9.11. The Labute approximate surface area is 148 Å². The van der Waals surface area contributed by atoms with E-state index in [0.29, 0.717) is 16.1 Å². The molecule has 0 spiro atoms. The molecule has 0 aliphatic carbocycles. The van der Waals surface area contributed by atoms with Gasteiger partial charge in [-0.15, -0.1) is 0 Å². The summed E-state index contributed by atoms with van der Waals surface area (Å²) in [5.74, 6) is 0.541. The lowest BCUT2D eigenvalue weighted by molar-refractivity contribution is 0.601. The molecule has 0 heterocycles. The Bertz CT molecular complexity index is 756. The number of sulfonamides is 1. The van der Waals surface area contributed by atoms with Crippen LogP contribution in [0.1, 0.15) is 19.4 Å². The predicted octanol–water partition coefficient (Wildman–Crippen LogP) is 5.21. The molecule has 3 nitrogen and oxygen atoms in total. The van der Waals surface area contributed by atoms with E-state index in [1.54, 1.807) is 30.3 Å². The molecule has 0 unspecified atom stereocenters. The summed E-state index contributed by atoms with van der Waals surface area (Å²) in [5.41, 5.74) is 1.65. The maximum atomic E-state index is 12.4. The van der Waals surface area contributed by atoms with Crippen molar-refractivity contribution in [3.8, 4) is 0 Å². The first kappa shape index (κ1) is 17.5. The highest BCUT2D eigenvalue weighted by Gasteiger charge is 2.15. The summed E-state index contributed by atoms with van der Waals surface area (Å²) in [6, 6.07) is 12.3. The molecule has 1 N–H and O–H groups in total. The van der Waals surface area contributed by atoms with Crippen molar-refractivity contribution in [1.29, 1.82) is 0 Å². The summed E-state index contributed by atoms with van der Waals surface area (Å²) >= 11 is 6.70. The molecule has 2 aromatic rings. The fraction of sp³-hybridized carbons (Fsp3) is 0.250. The topological polar surface area (TPSA) is 46.2 Å². The van der Waals surface area contributed by atoms with Gasteiger partial charge >= 0.3 is 0 Å². The molecular formula is C16H17Br2NO2S. The zero-order valence-corrected chi connectivity index (χ0v) is 16.3.